The number of aromatic nitrogens is 2. The van der Waals surface area contributed by atoms with E-state index in [9.17, 15) is 9.59 Å². The summed E-state index contributed by atoms with van der Waals surface area (Å²) in [5.74, 6) is -0.939. The molecule has 0 aliphatic heterocycles. The Morgan fingerprint density at radius 3 is 2.42 bits per heavy atom. The number of ether oxygens (including phenoxy) is 1. The first-order valence-corrected chi connectivity index (χ1v) is 10.8. The zero-order valence-electron chi connectivity index (χ0n) is 16.7. The van der Waals surface area contributed by atoms with Crippen molar-refractivity contribution in [2.45, 2.75) is 6.42 Å². The molecule has 0 radical (unpaired) electrons. The molecule has 0 spiro atoms. The largest absolute Gasteiger partial charge is 0.451 e. The number of hydrogen-bond acceptors (Lipinski definition) is 5. The van der Waals surface area contributed by atoms with Crippen molar-refractivity contribution in [3.63, 3.8) is 0 Å². The quantitative estimate of drug-likeness (QED) is 0.426. The fourth-order valence-electron chi connectivity index (χ4n) is 3.08. The highest BCUT2D eigenvalue weighted by Gasteiger charge is 2.20. The highest BCUT2D eigenvalue weighted by atomic mass is 32.1. The molecule has 0 atom stereocenters. The number of para-hydroxylation sites is 1. The number of benzene rings is 2. The number of nitrogens with one attached hydrogen (secondary N) is 1. The number of amides is 1. The molecule has 156 valence electrons. The van der Waals surface area contributed by atoms with E-state index in [0.717, 1.165) is 16.1 Å². The summed E-state index contributed by atoms with van der Waals surface area (Å²) in [6.07, 6.45) is 0.714. The normalized spacial score (nSPS) is 10.6. The van der Waals surface area contributed by atoms with Crippen molar-refractivity contribution in [1.82, 2.24) is 15.1 Å². The van der Waals surface area contributed by atoms with E-state index in [-0.39, 0.29) is 18.2 Å². The molecule has 0 saturated heterocycles. The third-order valence-corrected chi connectivity index (χ3v) is 5.50. The van der Waals surface area contributed by atoms with Crippen molar-refractivity contribution in [2.75, 3.05) is 13.2 Å². The predicted molar refractivity (Wildman–Crippen MR) is 120 cm³/mol. The van der Waals surface area contributed by atoms with Gasteiger partial charge in [-0.3, -0.25) is 4.79 Å². The molecule has 0 saturated carbocycles. The minimum atomic E-state index is -0.600. The van der Waals surface area contributed by atoms with E-state index in [4.69, 9.17) is 4.74 Å². The Hall–Kier alpha value is -3.71. The Morgan fingerprint density at radius 1 is 0.968 bits per heavy atom. The van der Waals surface area contributed by atoms with Gasteiger partial charge in [0.25, 0.3) is 5.91 Å². The summed E-state index contributed by atoms with van der Waals surface area (Å²) in [5, 5.41) is 9.31. The first-order valence-electron chi connectivity index (χ1n) is 9.88. The summed E-state index contributed by atoms with van der Waals surface area (Å²) in [4.78, 5) is 25.8. The van der Waals surface area contributed by atoms with E-state index in [1.807, 2.05) is 78.2 Å². The maximum atomic E-state index is 12.8. The van der Waals surface area contributed by atoms with E-state index in [1.165, 1.54) is 11.3 Å². The summed E-state index contributed by atoms with van der Waals surface area (Å²) >= 11 is 1.54. The number of thiophene rings is 1. The van der Waals surface area contributed by atoms with Crippen molar-refractivity contribution in [3.8, 4) is 16.3 Å². The number of nitrogens with zero attached hydrogens (tertiary/aromatic N) is 2. The molecule has 0 aliphatic carbocycles. The Morgan fingerprint density at radius 2 is 1.71 bits per heavy atom. The number of carbonyl (C=O) groups is 2. The van der Waals surface area contributed by atoms with Crippen LogP contribution in [0.25, 0.3) is 16.3 Å². The zero-order valence-corrected chi connectivity index (χ0v) is 17.5. The molecule has 6 nitrogen and oxygen atoms in total. The van der Waals surface area contributed by atoms with Crippen LogP contribution in [0.15, 0.2) is 84.2 Å². The van der Waals surface area contributed by atoms with Gasteiger partial charge in [0.1, 0.15) is 5.69 Å². The molecular weight excluding hydrogens is 410 g/mol. The first-order chi connectivity index (χ1) is 15.2. The molecule has 2 heterocycles. The fraction of sp³-hybridized carbons (Fsp3) is 0.125. The van der Waals surface area contributed by atoms with Gasteiger partial charge in [0.05, 0.1) is 10.6 Å². The van der Waals surface area contributed by atoms with Crippen LogP contribution in [0.2, 0.25) is 0 Å². The van der Waals surface area contributed by atoms with Gasteiger partial charge in [0, 0.05) is 12.6 Å². The third-order valence-electron chi connectivity index (χ3n) is 4.61. The lowest BCUT2D eigenvalue weighted by atomic mass is 10.1. The second kappa shape index (κ2) is 9.86. The first kappa shape index (κ1) is 20.6. The topological polar surface area (TPSA) is 73.2 Å². The maximum Gasteiger partial charge on any atom is 0.357 e. The molecule has 1 N–H and O–H groups in total. The SMILES string of the molecule is O=C(COC(=O)c1cc(-c2cccs2)nn1-c1ccccc1)NCCc1ccccc1. The van der Waals surface area contributed by atoms with Crippen LogP contribution >= 0.6 is 11.3 Å². The smallest absolute Gasteiger partial charge is 0.357 e. The maximum absolute atomic E-state index is 12.8. The second-order valence-corrected chi connectivity index (χ2v) is 7.75. The summed E-state index contributed by atoms with van der Waals surface area (Å²) in [6, 6.07) is 24.8. The second-order valence-electron chi connectivity index (χ2n) is 6.80. The number of esters is 1. The lowest BCUT2D eigenvalue weighted by molar-refractivity contribution is -0.124. The van der Waals surface area contributed by atoms with Crippen molar-refractivity contribution in [1.29, 1.82) is 0 Å². The van der Waals surface area contributed by atoms with Gasteiger partial charge in [-0.15, -0.1) is 11.3 Å². The highest BCUT2D eigenvalue weighted by molar-refractivity contribution is 7.13. The molecule has 2 aromatic carbocycles. The minimum Gasteiger partial charge on any atom is -0.451 e. The molecule has 4 aromatic rings. The number of hydrogen-bond donors (Lipinski definition) is 1. The van der Waals surface area contributed by atoms with Crippen LogP contribution in [0.5, 0.6) is 0 Å². The van der Waals surface area contributed by atoms with E-state index < -0.39 is 5.97 Å². The lowest BCUT2D eigenvalue weighted by Crippen LogP contribution is -2.30. The molecule has 1 amide bonds. The summed E-state index contributed by atoms with van der Waals surface area (Å²) in [7, 11) is 0. The molecule has 0 aliphatic rings. The van der Waals surface area contributed by atoms with Crippen molar-refractivity contribution in [3.05, 3.63) is 95.5 Å². The predicted octanol–water partition coefficient (Wildman–Crippen LogP) is 4.12. The van der Waals surface area contributed by atoms with Crippen LogP contribution in [0, 0.1) is 0 Å². The summed E-state index contributed by atoms with van der Waals surface area (Å²) in [5.41, 5.74) is 2.82. The van der Waals surface area contributed by atoms with Gasteiger partial charge in [0.2, 0.25) is 0 Å². The number of rotatable bonds is 8. The van der Waals surface area contributed by atoms with Crippen LogP contribution in [0.4, 0.5) is 0 Å². The molecule has 4 rings (SSSR count). The van der Waals surface area contributed by atoms with Gasteiger partial charge < -0.3 is 10.1 Å². The average molecular weight is 432 g/mol. The van der Waals surface area contributed by atoms with E-state index in [0.29, 0.717) is 18.7 Å². The highest BCUT2D eigenvalue weighted by Crippen LogP contribution is 2.26. The molecule has 0 fully saturated rings. The fourth-order valence-corrected chi connectivity index (χ4v) is 3.77. The van der Waals surface area contributed by atoms with Gasteiger partial charge in [0.15, 0.2) is 12.3 Å². The van der Waals surface area contributed by atoms with Gasteiger partial charge >= 0.3 is 5.97 Å². The Kier molecular flexibility index (Phi) is 6.54. The van der Waals surface area contributed by atoms with E-state index >= 15 is 0 Å². The standard InChI is InChI=1S/C24H21N3O3S/c28-23(25-14-13-18-8-3-1-4-9-18)17-30-24(29)21-16-20(22-12-7-15-31-22)26-27(21)19-10-5-2-6-11-19/h1-12,15-16H,13-14,17H2,(H,25,28). The van der Waals surface area contributed by atoms with Gasteiger partial charge in [-0.2, -0.15) is 5.10 Å². The van der Waals surface area contributed by atoms with Crippen molar-refractivity contribution < 1.29 is 14.3 Å². The Bertz CT molecular complexity index is 1140. The average Bonchev–Trinajstić information content (AvgIpc) is 3.49. The van der Waals surface area contributed by atoms with Crippen LogP contribution in [-0.4, -0.2) is 34.8 Å². The van der Waals surface area contributed by atoms with Gasteiger partial charge in [-0.25, -0.2) is 9.48 Å². The van der Waals surface area contributed by atoms with Gasteiger partial charge in [-0.1, -0.05) is 54.6 Å². The van der Waals surface area contributed by atoms with Gasteiger partial charge in [-0.05, 0) is 35.6 Å². The van der Waals surface area contributed by atoms with Crippen LogP contribution < -0.4 is 5.32 Å². The van der Waals surface area contributed by atoms with Crippen LogP contribution in [0.1, 0.15) is 16.1 Å². The molecule has 2 aromatic heterocycles. The summed E-state index contributed by atoms with van der Waals surface area (Å²) < 4.78 is 6.82. The third kappa shape index (κ3) is 5.26. The van der Waals surface area contributed by atoms with E-state index in [1.54, 1.807) is 10.7 Å². The zero-order chi connectivity index (χ0) is 21.5. The molecule has 7 heteroatoms. The van der Waals surface area contributed by atoms with E-state index in [2.05, 4.69) is 10.4 Å². The Labute approximate surface area is 184 Å². The molecule has 0 bridgehead atoms. The molecular formula is C24H21N3O3S. The lowest BCUT2D eigenvalue weighted by Gasteiger charge is -2.08. The number of carbonyl (C=O) groups excluding carboxylic acids is 2. The minimum absolute atomic E-state index is 0.270. The summed E-state index contributed by atoms with van der Waals surface area (Å²) in [6.45, 7) is 0.132. The van der Waals surface area contributed by atoms with Crippen molar-refractivity contribution >= 4 is 23.2 Å². The monoisotopic (exact) mass is 431 g/mol. The van der Waals surface area contributed by atoms with Crippen LogP contribution in [0.3, 0.4) is 0 Å². The van der Waals surface area contributed by atoms with Crippen molar-refractivity contribution in [2.24, 2.45) is 0 Å². The molecule has 0 unspecified atom stereocenters. The van der Waals surface area contributed by atoms with Crippen LogP contribution in [-0.2, 0) is 16.0 Å². The Balaban J connectivity index is 1.41. The molecule has 31 heavy (non-hydrogen) atoms.